The van der Waals surface area contributed by atoms with Gasteiger partial charge in [0.05, 0.1) is 12.0 Å². The molecule has 0 aromatic carbocycles. The lowest BCUT2D eigenvalue weighted by atomic mass is 9.89. The van der Waals surface area contributed by atoms with E-state index in [1.54, 1.807) is 0 Å². The summed E-state index contributed by atoms with van der Waals surface area (Å²) in [6, 6.07) is 0. The van der Waals surface area contributed by atoms with Gasteiger partial charge in [-0.2, -0.15) is 0 Å². The van der Waals surface area contributed by atoms with E-state index in [4.69, 9.17) is 4.74 Å². The minimum Gasteiger partial charge on any atom is -0.465 e. The highest BCUT2D eigenvalue weighted by Gasteiger charge is 2.28. The van der Waals surface area contributed by atoms with Gasteiger partial charge in [0.25, 0.3) is 0 Å². The van der Waals surface area contributed by atoms with E-state index in [9.17, 15) is 4.79 Å². The van der Waals surface area contributed by atoms with Gasteiger partial charge in [-0.25, -0.2) is 0 Å². The lowest BCUT2D eigenvalue weighted by Gasteiger charge is -2.19. The minimum absolute atomic E-state index is 0.0750. The van der Waals surface area contributed by atoms with Gasteiger partial charge >= 0.3 is 5.97 Å². The van der Waals surface area contributed by atoms with Crippen LogP contribution in [0.3, 0.4) is 0 Å². The number of rotatable bonds is 0. The van der Waals surface area contributed by atoms with Crippen LogP contribution in [-0.2, 0) is 9.53 Å². The SMILES string of the molecule is CC1(C)C/C=C\CCCOC1=O. The van der Waals surface area contributed by atoms with Gasteiger partial charge in [-0.3, -0.25) is 4.79 Å². The summed E-state index contributed by atoms with van der Waals surface area (Å²) in [4.78, 5) is 11.4. The molecule has 0 N–H and O–H groups in total. The molecule has 0 aliphatic carbocycles. The third-order valence-electron chi connectivity index (χ3n) is 2.10. The van der Waals surface area contributed by atoms with Gasteiger partial charge in [-0.15, -0.1) is 0 Å². The van der Waals surface area contributed by atoms with Crippen LogP contribution in [0, 0.1) is 5.41 Å². The number of cyclic esters (lactones) is 1. The van der Waals surface area contributed by atoms with Crippen LogP contribution < -0.4 is 0 Å². The summed E-state index contributed by atoms with van der Waals surface area (Å²) in [5.41, 5.74) is -0.346. The Morgan fingerprint density at radius 1 is 1.42 bits per heavy atom. The topological polar surface area (TPSA) is 26.3 Å². The van der Waals surface area contributed by atoms with Gasteiger partial charge in [0.1, 0.15) is 0 Å². The van der Waals surface area contributed by atoms with Crippen LogP contribution in [0.5, 0.6) is 0 Å². The van der Waals surface area contributed by atoms with Crippen LogP contribution in [0.4, 0.5) is 0 Å². The van der Waals surface area contributed by atoms with Crippen molar-refractivity contribution in [3.05, 3.63) is 12.2 Å². The first-order chi connectivity index (χ1) is 5.63. The highest BCUT2D eigenvalue weighted by atomic mass is 16.5. The molecule has 12 heavy (non-hydrogen) atoms. The molecule has 1 heterocycles. The molecule has 0 radical (unpaired) electrons. The van der Waals surface area contributed by atoms with Crippen molar-refractivity contribution in [1.82, 2.24) is 0 Å². The second-order valence-electron chi connectivity index (χ2n) is 3.84. The van der Waals surface area contributed by atoms with Crippen LogP contribution in [0.25, 0.3) is 0 Å². The van der Waals surface area contributed by atoms with Crippen molar-refractivity contribution in [3.63, 3.8) is 0 Å². The van der Waals surface area contributed by atoms with Crippen LogP contribution in [0.15, 0.2) is 12.2 Å². The number of hydrogen-bond donors (Lipinski definition) is 0. The Kier molecular flexibility index (Phi) is 2.90. The monoisotopic (exact) mass is 168 g/mol. The van der Waals surface area contributed by atoms with Crippen molar-refractivity contribution >= 4 is 5.97 Å². The first-order valence-corrected chi connectivity index (χ1v) is 4.45. The largest absolute Gasteiger partial charge is 0.465 e. The second kappa shape index (κ2) is 3.74. The first kappa shape index (κ1) is 9.30. The Morgan fingerprint density at radius 2 is 2.17 bits per heavy atom. The summed E-state index contributed by atoms with van der Waals surface area (Å²) in [5.74, 6) is -0.0750. The molecule has 0 unspecified atom stereocenters. The normalized spacial score (nSPS) is 26.3. The van der Waals surface area contributed by atoms with Gasteiger partial charge in [0.2, 0.25) is 0 Å². The van der Waals surface area contributed by atoms with E-state index in [2.05, 4.69) is 12.2 Å². The zero-order chi connectivity index (χ0) is 9.03. The Bertz CT molecular complexity index is 192. The summed E-state index contributed by atoms with van der Waals surface area (Å²) in [6.07, 6.45) is 6.95. The van der Waals surface area contributed by atoms with Gasteiger partial charge in [-0.1, -0.05) is 12.2 Å². The average molecular weight is 168 g/mol. The van der Waals surface area contributed by atoms with Gasteiger partial charge in [0.15, 0.2) is 0 Å². The predicted molar refractivity (Wildman–Crippen MR) is 47.7 cm³/mol. The molecule has 1 aliphatic rings. The van der Waals surface area contributed by atoms with Crippen molar-refractivity contribution in [2.24, 2.45) is 5.41 Å². The molecule has 2 heteroatoms. The Hall–Kier alpha value is -0.790. The molecular weight excluding hydrogens is 152 g/mol. The summed E-state index contributed by atoms with van der Waals surface area (Å²) < 4.78 is 5.10. The van der Waals surface area contributed by atoms with Gasteiger partial charge < -0.3 is 4.74 Å². The van der Waals surface area contributed by atoms with Gasteiger partial charge in [-0.05, 0) is 33.1 Å². The molecule has 0 spiro atoms. The molecule has 0 bridgehead atoms. The third-order valence-corrected chi connectivity index (χ3v) is 2.10. The molecule has 2 nitrogen and oxygen atoms in total. The maximum absolute atomic E-state index is 11.4. The van der Waals surface area contributed by atoms with E-state index in [0.717, 1.165) is 19.3 Å². The Labute approximate surface area is 73.6 Å². The maximum Gasteiger partial charge on any atom is 0.311 e. The van der Waals surface area contributed by atoms with Crippen molar-refractivity contribution in [1.29, 1.82) is 0 Å². The summed E-state index contributed by atoms with van der Waals surface area (Å²) >= 11 is 0. The van der Waals surface area contributed by atoms with E-state index < -0.39 is 0 Å². The Morgan fingerprint density at radius 3 is 2.92 bits per heavy atom. The fourth-order valence-electron chi connectivity index (χ4n) is 1.14. The highest BCUT2D eigenvalue weighted by Crippen LogP contribution is 2.24. The number of esters is 1. The zero-order valence-corrected chi connectivity index (χ0v) is 7.80. The van der Waals surface area contributed by atoms with Crippen LogP contribution in [0.1, 0.15) is 33.1 Å². The van der Waals surface area contributed by atoms with E-state index in [1.807, 2.05) is 13.8 Å². The van der Waals surface area contributed by atoms with Crippen LogP contribution in [0.2, 0.25) is 0 Å². The average Bonchev–Trinajstić information content (AvgIpc) is 2.06. The molecule has 0 amide bonds. The van der Waals surface area contributed by atoms with E-state index in [0.29, 0.717) is 6.61 Å². The Balaban J connectivity index is 2.64. The van der Waals surface area contributed by atoms with Crippen molar-refractivity contribution in [2.75, 3.05) is 6.61 Å². The number of ether oxygens (including phenoxy) is 1. The zero-order valence-electron chi connectivity index (χ0n) is 7.80. The quantitative estimate of drug-likeness (QED) is 0.410. The minimum atomic E-state index is -0.346. The molecule has 0 aromatic heterocycles. The van der Waals surface area contributed by atoms with E-state index in [1.165, 1.54) is 0 Å². The number of allylic oxidation sites excluding steroid dienone is 2. The molecule has 0 saturated carbocycles. The van der Waals surface area contributed by atoms with Crippen molar-refractivity contribution in [3.8, 4) is 0 Å². The van der Waals surface area contributed by atoms with Crippen molar-refractivity contribution in [2.45, 2.75) is 33.1 Å². The third kappa shape index (κ3) is 2.36. The summed E-state index contributed by atoms with van der Waals surface area (Å²) in [7, 11) is 0. The van der Waals surface area contributed by atoms with Crippen molar-refractivity contribution < 1.29 is 9.53 Å². The number of carbonyl (C=O) groups is 1. The van der Waals surface area contributed by atoms with Gasteiger partial charge in [0, 0.05) is 0 Å². The van der Waals surface area contributed by atoms with Crippen LogP contribution >= 0.6 is 0 Å². The smallest absolute Gasteiger partial charge is 0.311 e. The fourth-order valence-corrected chi connectivity index (χ4v) is 1.14. The highest BCUT2D eigenvalue weighted by molar-refractivity contribution is 5.76. The number of carbonyl (C=O) groups excluding carboxylic acids is 1. The molecule has 1 rings (SSSR count). The molecule has 0 saturated heterocycles. The summed E-state index contributed by atoms with van der Waals surface area (Å²) in [6.45, 7) is 4.41. The molecule has 0 aromatic rings. The molecule has 0 fully saturated rings. The molecule has 1 aliphatic heterocycles. The second-order valence-corrected chi connectivity index (χ2v) is 3.84. The molecular formula is C10H16O2. The lowest BCUT2D eigenvalue weighted by molar-refractivity contribution is -0.153. The van der Waals surface area contributed by atoms with Crippen LogP contribution in [-0.4, -0.2) is 12.6 Å². The fraction of sp³-hybridized carbons (Fsp3) is 0.700. The number of hydrogen-bond acceptors (Lipinski definition) is 2. The molecule has 68 valence electrons. The lowest BCUT2D eigenvalue weighted by Crippen LogP contribution is -2.25. The van der Waals surface area contributed by atoms with E-state index >= 15 is 0 Å². The standard InChI is InChI=1S/C10H16O2/c1-10(2)7-5-3-4-6-8-12-9(10)11/h3,5H,4,6-8H2,1-2H3/b5-3-. The first-order valence-electron chi connectivity index (χ1n) is 4.45. The predicted octanol–water partition coefficient (Wildman–Crippen LogP) is 2.30. The van der Waals surface area contributed by atoms with E-state index in [-0.39, 0.29) is 11.4 Å². The maximum atomic E-state index is 11.4. The summed E-state index contributed by atoms with van der Waals surface area (Å²) in [5, 5.41) is 0. The molecule has 0 atom stereocenters.